The summed E-state index contributed by atoms with van der Waals surface area (Å²) in [7, 11) is 1.75. The van der Waals surface area contributed by atoms with Crippen LogP contribution in [0, 0.1) is 10.8 Å². The van der Waals surface area contributed by atoms with Gasteiger partial charge in [0.1, 0.15) is 0 Å². The van der Waals surface area contributed by atoms with Crippen LogP contribution in [0.4, 0.5) is 0 Å². The predicted molar refractivity (Wildman–Crippen MR) is 76.7 cm³/mol. The molecule has 1 saturated carbocycles. The van der Waals surface area contributed by atoms with E-state index in [1.54, 1.807) is 7.11 Å². The van der Waals surface area contributed by atoms with Crippen molar-refractivity contribution in [1.29, 1.82) is 0 Å². The van der Waals surface area contributed by atoms with Gasteiger partial charge in [-0.2, -0.15) is 0 Å². The minimum Gasteiger partial charge on any atom is -0.390 e. The molecule has 0 aromatic heterocycles. The van der Waals surface area contributed by atoms with Crippen molar-refractivity contribution in [2.45, 2.75) is 84.8 Å². The first-order valence-electron chi connectivity index (χ1n) is 7.16. The number of hydrogen-bond donors (Lipinski definition) is 1. The number of rotatable bonds is 4. The monoisotopic (exact) mass is 256 g/mol. The largest absolute Gasteiger partial charge is 0.390 e. The van der Waals surface area contributed by atoms with Gasteiger partial charge in [0, 0.05) is 7.11 Å². The zero-order chi connectivity index (χ0) is 14.2. The van der Waals surface area contributed by atoms with E-state index in [1.165, 1.54) is 6.42 Å². The standard InChI is InChI=1S/C16H32O2/c1-13(2)10-14(3,4)12-16(17,11-13)9-8-15(5,6)18-7/h17H,8-12H2,1-7H3. The summed E-state index contributed by atoms with van der Waals surface area (Å²) in [4.78, 5) is 0. The van der Waals surface area contributed by atoms with Gasteiger partial charge in [0.2, 0.25) is 0 Å². The number of hydrogen-bond acceptors (Lipinski definition) is 2. The molecule has 0 aromatic carbocycles. The molecule has 0 spiro atoms. The fraction of sp³-hybridized carbons (Fsp3) is 1.00. The lowest BCUT2D eigenvalue weighted by Gasteiger charge is -2.50. The summed E-state index contributed by atoms with van der Waals surface area (Å²) in [5.74, 6) is 0. The van der Waals surface area contributed by atoms with Crippen molar-refractivity contribution in [3.8, 4) is 0 Å². The average molecular weight is 256 g/mol. The summed E-state index contributed by atoms with van der Waals surface area (Å²) in [5.41, 5.74) is -0.204. The highest BCUT2D eigenvalue weighted by Gasteiger charge is 2.46. The Bertz CT molecular complexity index is 273. The summed E-state index contributed by atoms with van der Waals surface area (Å²) in [6, 6.07) is 0. The van der Waals surface area contributed by atoms with Crippen LogP contribution in [0.5, 0.6) is 0 Å². The zero-order valence-electron chi connectivity index (χ0n) is 13.4. The van der Waals surface area contributed by atoms with Crippen molar-refractivity contribution in [1.82, 2.24) is 0 Å². The van der Waals surface area contributed by atoms with Crippen LogP contribution in [-0.4, -0.2) is 23.4 Å². The maximum absolute atomic E-state index is 10.9. The molecule has 0 heterocycles. The molecule has 1 rings (SSSR count). The summed E-state index contributed by atoms with van der Waals surface area (Å²) >= 11 is 0. The molecule has 1 aliphatic rings. The quantitative estimate of drug-likeness (QED) is 0.818. The third-order valence-electron chi connectivity index (χ3n) is 4.32. The highest BCUT2D eigenvalue weighted by Crippen LogP contribution is 2.51. The molecule has 0 aromatic rings. The first-order valence-corrected chi connectivity index (χ1v) is 7.16. The van der Waals surface area contributed by atoms with Crippen molar-refractivity contribution in [2.24, 2.45) is 10.8 Å². The summed E-state index contributed by atoms with van der Waals surface area (Å²) in [6.07, 6.45) is 4.75. The van der Waals surface area contributed by atoms with E-state index in [1.807, 2.05) is 0 Å². The number of aliphatic hydroxyl groups is 1. The predicted octanol–water partition coefficient (Wildman–Crippen LogP) is 4.16. The van der Waals surface area contributed by atoms with Crippen molar-refractivity contribution >= 4 is 0 Å². The third kappa shape index (κ3) is 4.55. The Morgan fingerprint density at radius 2 is 1.44 bits per heavy atom. The van der Waals surface area contributed by atoms with Gasteiger partial charge < -0.3 is 9.84 Å². The van der Waals surface area contributed by atoms with Gasteiger partial charge in [-0.25, -0.2) is 0 Å². The molecule has 0 saturated heterocycles. The van der Waals surface area contributed by atoms with E-state index in [-0.39, 0.29) is 16.4 Å². The third-order valence-corrected chi connectivity index (χ3v) is 4.32. The van der Waals surface area contributed by atoms with Crippen LogP contribution in [0.25, 0.3) is 0 Å². The van der Waals surface area contributed by atoms with Crippen molar-refractivity contribution < 1.29 is 9.84 Å². The first kappa shape index (κ1) is 16.0. The Hall–Kier alpha value is -0.0800. The van der Waals surface area contributed by atoms with Crippen molar-refractivity contribution in [3.05, 3.63) is 0 Å². The lowest BCUT2D eigenvalue weighted by atomic mass is 9.58. The number of methoxy groups -OCH3 is 1. The fourth-order valence-corrected chi connectivity index (χ4v) is 4.08. The van der Waals surface area contributed by atoms with Crippen molar-refractivity contribution in [3.63, 3.8) is 0 Å². The summed E-state index contributed by atoms with van der Waals surface area (Å²) < 4.78 is 5.47. The fourth-order valence-electron chi connectivity index (χ4n) is 4.08. The lowest BCUT2D eigenvalue weighted by Crippen LogP contribution is -2.46. The summed E-state index contributed by atoms with van der Waals surface area (Å²) in [6.45, 7) is 13.3. The zero-order valence-corrected chi connectivity index (χ0v) is 13.4. The molecule has 0 radical (unpaired) electrons. The van der Waals surface area contributed by atoms with Crippen LogP contribution >= 0.6 is 0 Å². The minimum atomic E-state index is -0.527. The van der Waals surface area contributed by atoms with Crippen molar-refractivity contribution in [2.75, 3.05) is 7.11 Å². The Balaban J connectivity index is 2.73. The highest BCUT2D eigenvalue weighted by atomic mass is 16.5. The molecule has 1 fully saturated rings. The normalized spacial score (nSPS) is 26.0. The Morgan fingerprint density at radius 3 is 1.83 bits per heavy atom. The van der Waals surface area contributed by atoms with E-state index < -0.39 is 5.60 Å². The second-order valence-corrected chi connectivity index (χ2v) is 8.55. The maximum atomic E-state index is 10.9. The van der Waals surface area contributed by atoms with E-state index in [4.69, 9.17) is 4.74 Å². The van der Waals surface area contributed by atoms with Crippen LogP contribution in [-0.2, 0) is 4.74 Å². The van der Waals surface area contributed by atoms with Crippen LogP contribution in [0.1, 0.15) is 73.6 Å². The molecule has 1 N–H and O–H groups in total. The molecule has 0 aliphatic heterocycles. The second-order valence-electron chi connectivity index (χ2n) is 8.55. The van der Waals surface area contributed by atoms with Crippen LogP contribution < -0.4 is 0 Å². The van der Waals surface area contributed by atoms with Gasteiger partial charge in [0.15, 0.2) is 0 Å². The van der Waals surface area contributed by atoms with E-state index in [9.17, 15) is 5.11 Å². The van der Waals surface area contributed by atoms with Gasteiger partial charge in [-0.1, -0.05) is 27.7 Å². The molecule has 0 amide bonds. The first-order chi connectivity index (χ1) is 7.89. The van der Waals surface area contributed by atoms with E-state index in [0.717, 1.165) is 25.7 Å². The molecular formula is C16H32O2. The van der Waals surface area contributed by atoms with Gasteiger partial charge >= 0.3 is 0 Å². The van der Waals surface area contributed by atoms with Crippen LogP contribution in [0.2, 0.25) is 0 Å². The van der Waals surface area contributed by atoms with Gasteiger partial charge in [0.05, 0.1) is 11.2 Å². The minimum absolute atomic E-state index is 0.137. The maximum Gasteiger partial charge on any atom is 0.0659 e. The molecule has 2 nitrogen and oxygen atoms in total. The summed E-state index contributed by atoms with van der Waals surface area (Å²) in [5, 5.41) is 10.9. The molecule has 1 aliphatic carbocycles. The smallest absolute Gasteiger partial charge is 0.0659 e. The van der Waals surface area contributed by atoms with Gasteiger partial charge in [-0.3, -0.25) is 0 Å². The molecule has 0 atom stereocenters. The van der Waals surface area contributed by atoms with E-state index in [0.29, 0.717) is 0 Å². The SMILES string of the molecule is COC(C)(C)CCC1(O)CC(C)(C)CC(C)(C)C1. The Morgan fingerprint density at radius 1 is 1.00 bits per heavy atom. The topological polar surface area (TPSA) is 29.5 Å². The highest BCUT2D eigenvalue weighted by molar-refractivity contribution is 4.98. The molecule has 2 heteroatoms. The van der Waals surface area contributed by atoms with Crippen LogP contribution in [0.3, 0.4) is 0 Å². The molecule has 0 unspecified atom stereocenters. The lowest BCUT2D eigenvalue weighted by molar-refractivity contribution is -0.103. The number of ether oxygens (including phenoxy) is 1. The Kier molecular flexibility index (Phi) is 4.25. The van der Waals surface area contributed by atoms with Gasteiger partial charge in [-0.05, 0) is 56.8 Å². The Labute approximate surface area is 113 Å². The molecule has 0 bridgehead atoms. The second kappa shape index (κ2) is 4.79. The van der Waals surface area contributed by atoms with E-state index in [2.05, 4.69) is 41.5 Å². The van der Waals surface area contributed by atoms with Gasteiger partial charge in [-0.15, -0.1) is 0 Å². The van der Waals surface area contributed by atoms with E-state index >= 15 is 0 Å². The average Bonchev–Trinajstić information content (AvgIpc) is 2.09. The molecule has 108 valence electrons. The molecule has 18 heavy (non-hydrogen) atoms. The van der Waals surface area contributed by atoms with Gasteiger partial charge in [0.25, 0.3) is 0 Å². The van der Waals surface area contributed by atoms with Crippen LogP contribution in [0.15, 0.2) is 0 Å². The molecular weight excluding hydrogens is 224 g/mol.